The van der Waals surface area contributed by atoms with Gasteiger partial charge >= 0.3 is 11.7 Å². The Morgan fingerprint density at radius 2 is 2.29 bits per heavy atom. The maximum Gasteiger partial charge on any atom is 0.351 e. The zero-order valence-corrected chi connectivity index (χ0v) is 15.4. The van der Waals surface area contributed by atoms with Crippen molar-refractivity contribution in [1.29, 1.82) is 0 Å². The minimum absolute atomic E-state index is 0.0523. The van der Waals surface area contributed by atoms with Crippen LogP contribution >= 0.6 is 0 Å². The number of nitrogens with zero attached hydrogens (tertiary/aromatic N) is 5. The van der Waals surface area contributed by atoms with Crippen molar-refractivity contribution in [2.45, 2.75) is 50.5 Å². The molecular formula is C15H23N7O6. The predicted octanol–water partition coefficient (Wildman–Crippen LogP) is -1.00. The lowest BCUT2D eigenvalue weighted by molar-refractivity contribution is -0.167. The quantitative estimate of drug-likeness (QED) is 0.192. The largest absolute Gasteiger partial charge is 0.461 e. The molecule has 0 aromatic carbocycles. The minimum Gasteiger partial charge on any atom is -0.461 e. The Bertz CT molecular complexity index is 825. The summed E-state index contributed by atoms with van der Waals surface area (Å²) in [6.07, 6.45) is -3.11. The molecule has 2 rings (SSSR count). The fourth-order valence-electron chi connectivity index (χ4n) is 2.68. The van der Waals surface area contributed by atoms with Gasteiger partial charge in [-0.15, -0.1) is 0 Å². The Hall–Kier alpha value is -2.70. The van der Waals surface area contributed by atoms with E-state index in [1.807, 2.05) is 6.92 Å². The smallest absolute Gasteiger partial charge is 0.351 e. The molecule has 1 aromatic heterocycles. The van der Waals surface area contributed by atoms with E-state index >= 15 is 0 Å². The van der Waals surface area contributed by atoms with E-state index in [4.69, 9.17) is 26.5 Å². The standard InChI is InChI=1S/C15H23N7O6/c1-3-7(2)9(17)13(25)27-6-15(20-21-18)11(24)10(23)12(28-15)22-5-4-8(16)19-14(22)26/h4-5,7,9-12,23-24H,3,6,17H2,1-2H3,(H2,16,19,26)/t7?,9?,10-,11+,12?,15-/m1/s1. The molecular weight excluding hydrogens is 374 g/mol. The van der Waals surface area contributed by atoms with Gasteiger partial charge in [-0.2, -0.15) is 4.98 Å². The first-order valence-electron chi connectivity index (χ1n) is 8.54. The molecule has 13 nitrogen and oxygen atoms in total. The number of aromatic nitrogens is 2. The minimum atomic E-state index is -2.16. The third kappa shape index (κ3) is 4.08. The number of ether oxygens (including phenoxy) is 2. The number of aliphatic hydroxyl groups excluding tert-OH is 2. The van der Waals surface area contributed by atoms with Crippen LogP contribution in [0, 0.1) is 5.92 Å². The molecule has 0 aliphatic carbocycles. The molecule has 28 heavy (non-hydrogen) atoms. The van der Waals surface area contributed by atoms with Crippen LogP contribution in [0.1, 0.15) is 26.5 Å². The van der Waals surface area contributed by atoms with E-state index in [9.17, 15) is 19.8 Å². The van der Waals surface area contributed by atoms with Crippen molar-refractivity contribution in [2.24, 2.45) is 16.8 Å². The summed E-state index contributed by atoms with van der Waals surface area (Å²) >= 11 is 0. The molecule has 0 amide bonds. The van der Waals surface area contributed by atoms with Gasteiger partial charge in [0.1, 0.15) is 30.7 Å². The Kier molecular flexibility index (Phi) is 6.59. The normalized spacial score (nSPS) is 29.0. The van der Waals surface area contributed by atoms with E-state index in [-0.39, 0.29) is 11.7 Å². The number of esters is 1. The van der Waals surface area contributed by atoms with Gasteiger partial charge in [0, 0.05) is 11.1 Å². The van der Waals surface area contributed by atoms with Crippen LogP contribution in [-0.4, -0.2) is 56.3 Å². The number of nitrogens with two attached hydrogens (primary N) is 2. The van der Waals surface area contributed by atoms with E-state index < -0.39 is 48.5 Å². The van der Waals surface area contributed by atoms with Crippen LogP contribution in [0.4, 0.5) is 5.82 Å². The van der Waals surface area contributed by atoms with E-state index in [1.54, 1.807) is 6.92 Å². The van der Waals surface area contributed by atoms with Crippen molar-refractivity contribution in [1.82, 2.24) is 9.55 Å². The van der Waals surface area contributed by atoms with Crippen LogP contribution in [0.15, 0.2) is 22.2 Å². The third-order valence-corrected chi connectivity index (χ3v) is 4.69. The SMILES string of the molecule is CCC(C)C(N)C(=O)OC[C@@]1(N=[N+]=[N-])OC(n2ccc(N)nc2=O)[C@H](O)[C@@H]1O. The molecule has 6 N–H and O–H groups in total. The zero-order valence-electron chi connectivity index (χ0n) is 15.4. The summed E-state index contributed by atoms with van der Waals surface area (Å²) in [6.45, 7) is 2.89. The number of hydrogen-bond donors (Lipinski definition) is 4. The molecule has 1 aliphatic rings. The second-order valence-corrected chi connectivity index (χ2v) is 6.54. The molecule has 6 atom stereocenters. The molecule has 13 heteroatoms. The fourth-order valence-corrected chi connectivity index (χ4v) is 2.68. The van der Waals surface area contributed by atoms with Gasteiger partial charge in [0.05, 0.1) is 0 Å². The molecule has 1 fully saturated rings. The number of aliphatic hydroxyl groups is 2. The summed E-state index contributed by atoms with van der Waals surface area (Å²) in [6, 6.07) is 0.346. The summed E-state index contributed by atoms with van der Waals surface area (Å²) in [5.74, 6) is -1.01. The van der Waals surface area contributed by atoms with E-state index in [1.165, 1.54) is 12.3 Å². The Morgan fingerprint density at radius 1 is 1.61 bits per heavy atom. The van der Waals surface area contributed by atoms with Gasteiger partial charge in [-0.1, -0.05) is 25.4 Å². The molecule has 154 valence electrons. The highest BCUT2D eigenvalue weighted by molar-refractivity contribution is 5.75. The molecule has 3 unspecified atom stereocenters. The lowest BCUT2D eigenvalue weighted by Gasteiger charge is -2.27. The number of anilines is 1. The number of rotatable bonds is 7. The molecule has 1 aromatic rings. The number of carbonyl (C=O) groups is 1. The van der Waals surface area contributed by atoms with Crippen molar-refractivity contribution in [3.05, 3.63) is 33.2 Å². The Balaban J connectivity index is 2.27. The first kappa shape index (κ1) is 21.6. The molecule has 0 bridgehead atoms. The third-order valence-electron chi connectivity index (χ3n) is 4.69. The number of carbonyl (C=O) groups excluding carboxylic acids is 1. The first-order valence-corrected chi connectivity index (χ1v) is 8.54. The zero-order chi connectivity index (χ0) is 21.1. The van der Waals surface area contributed by atoms with Gasteiger partial charge in [0.2, 0.25) is 5.72 Å². The second kappa shape index (κ2) is 8.54. The first-order chi connectivity index (χ1) is 13.2. The maximum atomic E-state index is 12.1. The van der Waals surface area contributed by atoms with Gasteiger partial charge in [0.25, 0.3) is 0 Å². The molecule has 2 heterocycles. The van der Waals surface area contributed by atoms with Gasteiger partial charge in [0.15, 0.2) is 6.23 Å². The van der Waals surface area contributed by atoms with E-state index in [2.05, 4.69) is 15.0 Å². The van der Waals surface area contributed by atoms with Gasteiger partial charge in [-0.3, -0.25) is 9.36 Å². The van der Waals surface area contributed by atoms with Crippen LogP contribution < -0.4 is 17.2 Å². The fraction of sp³-hybridized carbons (Fsp3) is 0.667. The van der Waals surface area contributed by atoms with Gasteiger partial charge in [-0.05, 0) is 17.5 Å². The Morgan fingerprint density at radius 3 is 2.86 bits per heavy atom. The van der Waals surface area contributed by atoms with Crippen LogP contribution in [0.25, 0.3) is 10.4 Å². The number of hydrogen-bond acceptors (Lipinski definition) is 10. The van der Waals surface area contributed by atoms with Crippen molar-refractivity contribution >= 4 is 11.8 Å². The monoisotopic (exact) mass is 397 g/mol. The van der Waals surface area contributed by atoms with Crippen LogP contribution in [-0.2, 0) is 14.3 Å². The molecule has 1 aliphatic heterocycles. The number of azide groups is 1. The van der Waals surface area contributed by atoms with Crippen LogP contribution in [0.2, 0.25) is 0 Å². The van der Waals surface area contributed by atoms with Crippen molar-refractivity contribution in [2.75, 3.05) is 12.3 Å². The molecule has 0 saturated carbocycles. The molecule has 0 spiro atoms. The maximum absolute atomic E-state index is 12.1. The molecule has 0 radical (unpaired) electrons. The van der Waals surface area contributed by atoms with Crippen molar-refractivity contribution in [3.8, 4) is 0 Å². The summed E-state index contributed by atoms with van der Waals surface area (Å²) in [4.78, 5) is 30.2. The molecule has 1 saturated heterocycles. The van der Waals surface area contributed by atoms with Crippen molar-refractivity contribution in [3.63, 3.8) is 0 Å². The number of nitrogen functional groups attached to an aromatic ring is 1. The topological polar surface area (TPSA) is 212 Å². The summed E-state index contributed by atoms with van der Waals surface area (Å²) in [5.41, 5.74) is 17.1. The van der Waals surface area contributed by atoms with Gasteiger partial charge < -0.3 is 31.2 Å². The highest BCUT2D eigenvalue weighted by Crippen LogP contribution is 2.38. The van der Waals surface area contributed by atoms with E-state index in [0.29, 0.717) is 6.42 Å². The van der Waals surface area contributed by atoms with Crippen molar-refractivity contribution < 1.29 is 24.5 Å². The lowest BCUT2D eigenvalue weighted by Crippen LogP contribution is -2.47. The van der Waals surface area contributed by atoms with Crippen LogP contribution in [0.3, 0.4) is 0 Å². The average Bonchev–Trinajstić information content (AvgIpc) is 2.90. The Labute approximate surface area is 159 Å². The summed E-state index contributed by atoms with van der Waals surface area (Å²) < 4.78 is 11.4. The highest BCUT2D eigenvalue weighted by Gasteiger charge is 2.56. The highest BCUT2D eigenvalue weighted by atomic mass is 16.6. The average molecular weight is 397 g/mol. The second-order valence-electron chi connectivity index (χ2n) is 6.54. The van der Waals surface area contributed by atoms with Crippen LogP contribution in [0.5, 0.6) is 0 Å². The van der Waals surface area contributed by atoms with Gasteiger partial charge in [-0.25, -0.2) is 4.79 Å². The summed E-state index contributed by atoms with van der Waals surface area (Å²) in [7, 11) is 0. The summed E-state index contributed by atoms with van der Waals surface area (Å²) in [5, 5.41) is 24.1. The lowest BCUT2D eigenvalue weighted by atomic mass is 10.0. The van der Waals surface area contributed by atoms with E-state index in [0.717, 1.165) is 4.57 Å². The predicted molar refractivity (Wildman–Crippen MR) is 95.3 cm³/mol.